The van der Waals surface area contributed by atoms with Gasteiger partial charge in [0.2, 0.25) is 0 Å². The molecular formula is C25H20N4O2S2. The van der Waals surface area contributed by atoms with E-state index in [1.54, 1.807) is 21.2 Å². The molecule has 5 aromatic rings. The molecule has 0 unspecified atom stereocenters. The van der Waals surface area contributed by atoms with E-state index in [0.717, 1.165) is 39.9 Å². The van der Waals surface area contributed by atoms with Crippen molar-refractivity contribution in [2.75, 3.05) is 0 Å². The summed E-state index contributed by atoms with van der Waals surface area (Å²) in [5.41, 5.74) is 4.05. The van der Waals surface area contributed by atoms with E-state index in [2.05, 4.69) is 10.4 Å². The van der Waals surface area contributed by atoms with Crippen molar-refractivity contribution < 1.29 is 0 Å². The number of aryl methyl sites for hydroxylation is 1. The van der Waals surface area contributed by atoms with Gasteiger partial charge in [0.15, 0.2) is 5.16 Å². The quantitative estimate of drug-likeness (QED) is 0.268. The van der Waals surface area contributed by atoms with Crippen LogP contribution < -0.4 is 11.1 Å². The van der Waals surface area contributed by atoms with Crippen molar-refractivity contribution in [2.24, 2.45) is 0 Å². The highest BCUT2D eigenvalue weighted by Gasteiger charge is 2.29. The van der Waals surface area contributed by atoms with Crippen molar-refractivity contribution in [3.8, 4) is 5.69 Å². The highest BCUT2D eigenvalue weighted by atomic mass is 32.2. The molecule has 0 aliphatic heterocycles. The van der Waals surface area contributed by atoms with Crippen molar-refractivity contribution in [2.45, 2.75) is 36.6 Å². The molecule has 0 radical (unpaired) electrons. The van der Waals surface area contributed by atoms with Crippen molar-refractivity contribution >= 4 is 39.0 Å². The van der Waals surface area contributed by atoms with Gasteiger partial charge in [-0.15, -0.1) is 11.3 Å². The summed E-state index contributed by atoms with van der Waals surface area (Å²) in [7, 11) is 0. The number of fused-ring (bicyclic) bond motifs is 2. The average molecular weight is 473 g/mol. The second-order valence-corrected chi connectivity index (χ2v) is 10.1. The third-order valence-corrected chi connectivity index (χ3v) is 7.71. The zero-order valence-corrected chi connectivity index (χ0v) is 19.5. The molecule has 0 saturated heterocycles. The van der Waals surface area contributed by atoms with Gasteiger partial charge in [-0.3, -0.25) is 18.6 Å². The molecule has 0 bridgehead atoms. The highest BCUT2D eigenvalue weighted by molar-refractivity contribution is 7.98. The van der Waals surface area contributed by atoms with Gasteiger partial charge in [-0.2, -0.15) is 0 Å². The molecule has 0 amide bonds. The van der Waals surface area contributed by atoms with Crippen LogP contribution in [0.1, 0.15) is 35.6 Å². The fraction of sp³-hybridized carbons (Fsp3) is 0.200. The molecule has 1 aliphatic rings. The second kappa shape index (κ2) is 7.97. The Labute approximate surface area is 197 Å². The Morgan fingerprint density at radius 3 is 2.70 bits per heavy atom. The minimum Gasteiger partial charge on any atom is -0.269 e. The summed E-state index contributed by atoms with van der Waals surface area (Å²) in [6.07, 6.45) is 4.06. The van der Waals surface area contributed by atoms with Gasteiger partial charge in [0.25, 0.3) is 11.1 Å². The summed E-state index contributed by atoms with van der Waals surface area (Å²) >= 11 is 2.96. The molecular weight excluding hydrogens is 452 g/mol. The largest absolute Gasteiger partial charge is 0.269 e. The van der Waals surface area contributed by atoms with Crippen LogP contribution in [0.5, 0.6) is 0 Å². The van der Waals surface area contributed by atoms with Crippen LogP contribution >= 0.6 is 23.1 Å². The molecule has 4 heterocycles. The molecule has 6 rings (SSSR count). The van der Waals surface area contributed by atoms with Gasteiger partial charge < -0.3 is 0 Å². The fourth-order valence-electron chi connectivity index (χ4n) is 4.06. The van der Waals surface area contributed by atoms with E-state index in [9.17, 15) is 9.59 Å². The van der Waals surface area contributed by atoms with Gasteiger partial charge in [0.05, 0.1) is 16.8 Å². The van der Waals surface area contributed by atoms with E-state index < -0.39 is 0 Å². The average Bonchev–Trinajstić information content (AvgIpc) is 3.58. The lowest BCUT2D eigenvalue weighted by Gasteiger charge is -2.12. The third-order valence-electron chi connectivity index (χ3n) is 5.85. The topological polar surface area (TPSA) is 69.3 Å². The molecule has 164 valence electrons. The van der Waals surface area contributed by atoms with E-state index in [1.807, 2.05) is 49.4 Å². The van der Waals surface area contributed by atoms with Crippen LogP contribution in [0.15, 0.2) is 74.9 Å². The zero-order chi connectivity index (χ0) is 22.5. The van der Waals surface area contributed by atoms with Crippen LogP contribution in [-0.2, 0) is 5.75 Å². The lowest BCUT2D eigenvalue weighted by molar-refractivity contribution is 0.820. The first kappa shape index (κ1) is 20.4. The zero-order valence-electron chi connectivity index (χ0n) is 17.9. The van der Waals surface area contributed by atoms with E-state index in [1.165, 1.54) is 23.1 Å². The normalized spacial score (nSPS) is 13.7. The molecule has 8 heteroatoms. The van der Waals surface area contributed by atoms with E-state index >= 15 is 0 Å². The first-order valence-electron chi connectivity index (χ1n) is 10.8. The number of aromatic nitrogens is 4. The summed E-state index contributed by atoms with van der Waals surface area (Å²) in [6, 6.07) is 15.0. The van der Waals surface area contributed by atoms with Crippen molar-refractivity contribution in [3.05, 3.63) is 97.6 Å². The van der Waals surface area contributed by atoms with Gasteiger partial charge in [-0.05, 0) is 60.4 Å². The predicted octanol–water partition coefficient (Wildman–Crippen LogP) is 4.93. The number of hydrogen-bond donors (Lipinski definition) is 0. The minimum absolute atomic E-state index is 0.0288. The van der Waals surface area contributed by atoms with Gasteiger partial charge in [-0.25, -0.2) is 9.97 Å². The molecule has 4 aromatic heterocycles. The Morgan fingerprint density at radius 2 is 1.91 bits per heavy atom. The molecule has 0 spiro atoms. The predicted molar refractivity (Wildman–Crippen MR) is 133 cm³/mol. The Kier molecular flexibility index (Phi) is 4.92. The Balaban J connectivity index is 1.44. The number of nitrogens with zero attached hydrogens (tertiary/aromatic N) is 4. The van der Waals surface area contributed by atoms with Crippen LogP contribution in [0, 0.1) is 6.92 Å². The summed E-state index contributed by atoms with van der Waals surface area (Å²) in [6.45, 7) is 1.94. The van der Waals surface area contributed by atoms with Gasteiger partial charge in [0, 0.05) is 18.0 Å². The van der Waals surface area contributed by atoms with E-state index in [4.69, 9.17) is 4.98 Å². The number of para-hydroxylation sites is 1. The number of benzene rings is 1. The van der Waals surface area contributed by atoms with Crippen LogP contribution in [0.3, 0.4) is 0 Å². The Morgan fingerprint density at radius 1 is 1.09 bits per heavy atom. The molecule has 0 atom stereocenters. The number of pyridine rings is 1. The molecule has 1 aliphatic carbocycles. The summed E-state index contributed by atoms with van der Waals surface area (Å²) in [5.74, 6) is 0.917. The van der Waals surface area contributed by atoms with Crippen LogP contribution in [-0.4, -0.2) is 18.9 Å². The Bertz CT molecular complexity index is 1630. The molecule has 0 N–H and O–H groups in total. The van der Waals surface area contributed by atoms with Gasteiger partial charge in [0.1, 0.15) is 10.5 Å². The van der Waals surface area contributed by atoms with Crippen molar-refractivity contribution in [1.82, 2.24) is 18.9 Å². The minimum atomic E-state index is -0.115. The number of rotatable bonds is 5. The number of thiophene rings is 1. The maximum Gasteiger partial charge on any atom is 0.267 e. The molecule has 1 saturated carbocycles. The van der Waals surface area contributed by atoms with E-state index in [-0.39, 0.29) is 11.1 Å². The van der Waals surface area contributed by atoms with Crippen LogP contribution in [0.2, 0.25) is 0 Å². The molecule has 1 fully saturated rings. The first-order chi connectivity index (χ1) is 16.1. The summed E-state index contributed by atoms with van der Waals surface area (Å²) < 4.78 is 3.25. The summed E-state index contributed by atoms with van der Waals surface area (Å²) in [4.78, 5) is 36.6. The van der Waals surface area contributed by atoms with Gasteiger partial charge >= 0.3 is 0 Å². The first-order valence-corrected chi connectivity index (χ1v) is 12.7. The molecule has 6 nitrogen and oxygen atoms in total. The lowest BCUT2D eigenvalue weighted by atomic mass is 10.1. The maximum absolute atomic E-state index is 13.7. The third kappa shape index (κ3) is 3.69. The summed E-state index contributed by atoms with van der Waals surface area (Å²) in [5, 5.41) is 3.44. The van der Waals surface area contributed by atoms with Crippen molar-refractivity contribution in [1.29, 1.82) is 0 Å². The number of thioether (sulfide) groups is 1. The van der Waals surface area contributed by atoms with E-state index in [0.29, 0.717) is 28.2 Å². The maximum atomic E-state index is 13.7. The SMILES string of the molecule is Cc1ccc2nc(CSc3nc4scc(C5CC5)c4c(=O)n3-c3ccccc3)cc(=O)n2c1. The Hall–Kier alpha value is -3.23. The lowest BCUT2D eigenvalue weighted by Crippen LogP contribution is -2.22. The standard InChI is InChI=1S/C25H20N4O2S2/c1-15-7-10-20-26-17(11-21(30)28(20)12-15)13-33-25-27-23-22(19(14-32-23)16-8-9-16)24(31)29(25)18-5-3-2-4-6-18/h2-7,10-12,14,16H,8-9,13H2,1H3. The van der Waals surface area contributed by atoms with Gasteiger partial charge in [-0.1, -0.05) is 36.0 Å². The number of hydrogen-bond acceptors (Lipinski definition) is 6. The van der Waals surface area contributed by atoms with Crippen LogP contribution in [0.4, 0.5) is 0 Å². The van der Waals surface area contributed by atoms with Crippen molar-refractivity contribution in [3.63, 3.8) is 0 Å². The molecule has 33 heavy (non-hydrogen) atoms. The molecule has 1 aromatic carbocycles. The second-order valence-electron chi connectivity index (χ2n) is 8.33. The fourth-order valence-corrected chi connectivity index (χ4v) is 6.03. The smallest absolute Gasteiger partial charge is 0.267 e. The monoisotopic (exact) mass is 472 g/mol. The van der Waals surface area contributed by atoms with Crippen LogP contribution in [0.25, 0.3) is 21.6 Å². The highest BCUT2D eigenvalue weighted by Crippen LogP contribution is 2.44.